The Morgan fingerprint density at radius 3 is 1.93 bits per heavy atom. The highest BCUT2D eigenvalue weighted by atomic mass is 16.6. The molecule has 0 saturated heterocycles. The van der Waals surface area contributed by atoms with Gasteiger partial charge in [0.2, 0.25) is 0 Å². The molecule has 1 rings (SSSR count). The predicted molar refractivity (Wildman–Crippen MR) is 106 cm³/mol. The smallest absolute Gasteiger partial charge is 0.303 e. The molecule has 5 nitrogen and oxygen atoms in total. The lowest BCUT2D eigenvalue weighted by Gasteiger charge is -2.33. The molecule has 0 aromatic heterocycles. The van der Waals surface area contributed by atoms with Crippen molar-refractivity contribution in [2.45, 2.75) is 115 Å². The minimum atomic E-state index is -2.04. The first-order valence-corrected chi connectivity index (χ1v) is 10.7. The fraction of sp³-hybridized carbons (Fsp3) is 0.818. The highest BCUT2D eigenvalue weighted by Crippen LogP contribution is 2.30. The van der Waals surface area contributed by atoms with Gasteiger partial charge in [0.15, 0.2) is 11.4 Å². The zero-order valence-corrected chi connectivity index (χ0v) is 17.1. The largest absolute Gasteiger partial charge is 0.459 e. The van der Waals surface area contributed by atoms with Gasteiger partial charge in [0.05, 0.1) is 0 Å². The minimum absolute atomic E-state index is 0.373. The molecule has 2 N–H and O–H groups in total. The summed E-state index contributed by atoms with van der Waals surface area (Å²) in [4.78, 5) is 23.3. The van der Waals surface area contributed by atoms with Crippen LogP contribution in [0.3, 0.4) is 0 Å². The molecule has 0 aliphatic heterocycles. The number of carbonyl (C=O) groups excluding carboxylic acids is 2. The first kappa shape index (κ1) is 23.8. The van der Waals surface area contributed by atoms with Crippen molar-refractivity contribution in [1.82, 2.24) is 0 Å². The third-order valence-corrected chi connectivity index (χ3v) is 5.39. The Balaban J connectivity index is 2.18. The van der Waals surface area contributed by atoms with Gasteiger partial charge in [-0.3, -0.25) is 9.59 Å². The van der Waals surface area contributed by atoms with Crippen molar-refractivity contribution < 1.29 is 24.5 Å². The quantitative estimate of drug-likeness (QED) is 0.327. The summed E-state index contributed by atoms with van der Waals surface area (Å²) < 4.78 is 5.17. The molecule has 0 aromatic rings. The Bertz CT molecular complexity index is 473. The second kappa shape index (κ2) is 13.1. The van der Waals surface area contributed by atoms with Gasteiger partial charge >= 0.3 is 5.97 Å². The van der Waals surface area contributed by atoms with Crippen LogP contribution >= 0.6 is 0 Å². The molecule has 5 heteroatoms. The first-order chi connectivity index (χ1) is 12.9. The Morgan fingerprint density at radius 1 is 1.04 bits per heavy atom. The number of ketones is 1. The average molecular weight is 383 g/mol. The van der Waals surface area contributed by atoms with Crippen LogP contribution in [0.1, 0.15) is 97.3 Å². The number of carbonyl (C=O) groups is 2. The van der Waals surface area contributed by atoms with Gasteiger partial charge in [-0.15, -0.1) is 0 Å². The van der Waals surface area contributed by atoms with Crippen LogP contribution in [-0.4, -0.2) is 39.8 Å². The molecule has 27 heavy (non-hydrogen) atoms. The number of rotatable bonds is 15. The van der Waals surface area contributed by atoms with Crippen molar-refractivity contribution in [3.05, 3.63) is 12.2 Å². The lowest BCUT2D eigenvalue weighted by atomic mass is 9.87. The molecule has 0 amide bonds. The highest BCUT2D eigenvalue weighted by Gasteiger charge is 2.52. The average Bonchev–Trinajstić information content (AvgIpc) is 2.89. The maximum absolute atomic E-state index is 12.0. The van der Waals surface area contributed by atoms with Crippen LogP contribution in [0.5, 0.6) is 0 Å². The molecule has 3 atom stereocenters. The van der Waals surface area contributed by atoms with Crippen LogP contribution in [0.4, 0.5) is 0 Å². The van der Waals surface area contributed by atoms with Gasteiger partial charge in [-0.2, -0.15) is 0 Å². The van der Waals surface area contributed by atoms with E-state index in [0.717, 1.165) is 25.3 Å². The van der Waals surface area contributed by atoms with Crippen LogP contribution in [0.25, 0.3) is 0 Å². The third kappa shape index (κ3) is 8.14. The Labute approximate surface area is 164 Å². The number of hydrogen-bond donors (Lipinski definition) is 2. The minimum Gasteiger partial charge on any atom is -0.459 e. The van der Waals surface area contributed by atoms with Gasteiger partial charge in [0.25, 0.3) is 0 Å². The molecular weight excluding hydrogens is 344 g/mol. The molecule has 0 fully saturated rings. The van der Waals surface area contributed by atoms with Crippen molar-refractivity contribution in [1.29, 1.82) is 0 Å². The number of ether oxygens (including phenoxy) is 1. The van der Waals surface area contributed by atoms with E-state index in [2.05, 4.69) is 6.92 Å². The van der Waals surface area contributed by atoms with Crippen molar-refractivity contribution in [2.75, 3.05) is 0 Å². The summed E-state index contributed by atoms with van der Waals surface area (Å²) in [6.45, 7) is 3.48. The Hall–Kier alpha value is -1.20. The van der Waals surface area contributed by atoms with Crippen molar-refractivity contribution in [3.8, 4) is 0 Å². The van der Waals surface area contributed by atoms with E-state index in [1.54, 1.807) is 0 Å². The fourth-order valence-corrected chi connectivity index (χ4v) is 3.69. The molecule has 1 aliphatic carbocycles. The lowest BCUT2D eigenvalue weighted by Crippen LogP contribution is -2.55. The van der Waals surface area contributed by atoms with Crippen LogP contribution in [0.15, 0.2) is 12.2 Å². The number of aliphatic hydroxyl groups is 2. The van der Waals surface area contributed by atoms with E-state index in [9.17, 15) is 19.8 Å². The predicted octanol–water partition coefficient (Wildman–Crippen LogP) is 4.24. The second-order valence-electron chi connectivity index (χ2n) is 7.77. The normalized spacial score (nSPS) is 23.0. The van der Waals surface area contributed by atoms with Gasteiger partial charge in [-0.25, -0.2) is 0 Å². The van der Waals surface area contributed by atoms with Gasteiger partial charge in [0, 0.05) is 6.92 Å². The summed E-state index contributed by atoms with van der Waals surface area (Å²) in [5.41, 5.74) is -2.04. The zero-order chi connectivity index (χ0) is 20.1. The van der Waals surface area contributed by atoms with Crippen LogP contribution in [0.2, 0.25) is 0 Å². The monoisotopic (exact) mass is 382 g/mol. The Kier molecular flexibility index (Phi) is 11.5. The van der Waals surface area contributed by atoms with E-state index in [4.69, 9.17) is 4.74 Å². The first-order valence-electron chi connectivity index (χ1n) is 10.7. The number of hydrogen-bond acceptors (Lipinski definition) is 5. The van der Waals surface area contributed by atoms with Crippen LogP contribution in [-0.2, 0) is 14.3 Å². The lowest BCUT2D eigenvalue weighted by molar-refractivity contribution is -0.178. The van der Waals surface area contributed by atoms with Crippen molar-refractivity contribution in [2.24, 2.45) is 0 Å². The SMILES string of the molecule is CCCCCCCCCCCCCCC(OC(C)=O)[C@]1(O)C(=O)C=C[C@@H]1O. The van der Waals surface area contributed by atoms with E-state index in [-0.39, 0.29) is 0 Å². The number of aliphatic hydroxyl groups excluding tert-OH is 1. The summed E-state index contributed by atoms with van der Waals surface area (Å²) in [5, 5.41) is 20.5. The Morgan fingerprint density at radius 2 is 1.52 bits per heavy atom. The summed E-state index contributed by atoms with van der Waals surface area (Å²) in [6, 6.07) is 0. The number of esters is 1. The summed E-state index contributed by atoms with van der Waals surface area (Å²) in [6.07, 6.45) is 15.0. The van der Waals surface area contributed by atoms with E-state index in [0.29, 0.717) is 6.42 Å². The molecule has 1 aliphatic rings. The summed E-state index contributed by atoms with van der Waals surface area (Å²) in [7, 11) is 0. The molecule has 0 radical (unpaired) electrons. The van der Waals surface area contributed by atoms with Gasteiger partial charge < -0.3 is 14.9 Å². The van der Waals surface area contributed by atoms with Crippen LogP contribution < -0.4 is 0 Å². The number of unbranched alkanes of at least 4 members (excludes halogenated alkanes) is 11. The van der Waals surface area contributed by atoms with Gasteiger partial charge in [-0.05, 0) is 25.0 Å². The van der Waals surface area contributed by atoms with E-state index in [1.165, 1.54) is 70.8 Å². The molecule has 0 saturated carbocycles. The standard InChI is InChI=1S/C22H38O5/c1-3-4-5-6-7-8-9-10-11-12-13-14-15-21(27-18(2)23)22(26)19(24)16-17-20(22)25/h16-17,19,21,24,26H,3-15H2,1-2H3/t19-,21?,22+/m0/s1. The highest BCUT2D eigenvalue weighted by molar-refractivity contribution is 6.01. The van der Waals surface area contributed by atoms with Gasteiger partial charge in [-0.1, -0.05) is 77.6 Å². The molecule has 0 bridgehead atoms. The van der Waals surface area contributed by atoms with E-state index >= 15 is 0 Å². The summed E-state index contributed by atoms with van der Waals surface area (Å²) in [5.74, 6) is -1.15. The molecule has 156 valence electrons. The maximum atomic E-state index is 12.0. The summed E-state index contributed by atoms with van der Waals surface area (Å²) >= 11 is 0. The third-order valence-electron chi connectivity index (χ3n) is 5.39. The molecule has 0 aromatic carbocycles. The zero-order valence-electron chi connectivity index (χ0n) is 17.1. The molecule has 0 spiro atoms. The maximum Gasteiger partial charge on any atom is 0.303 e. The van der Waals surface area contributed by atoms with Gasteiger partial charge in [0.1, 0.15) is 12.2 Å². The van der Waals surface area contributed by atoms with Crippen molar-refractivity contribution >= 4 is 11.8 Å². The molecule has 1 unspecified atom stereocenters. The van der Waals surface area contributed by atoms with E-state index < -0.39 is 29.6 Å². The molecular formula is C22H38O5. The van der Waals surface area contributed by atoms with Crippen LogP contribution in [0, 0.1) is 0 Å². The molecule has 0 heterocycles. The second-order valence-corrected chi connectivity index (χ2v) is 7.77. The fourth-order valence-electron chi connectivity index (χ4n) is 3.69. The topological polar surface area (TPSA) is 83.8 Å². The van der Waals surface area contributed by atoms with Crippen molar-refractivity contribution in [3.63, 3.8) is 0 Å². The van der Waals surface area contributed by atoms with E-state index in [1.807, 2.05) is 0 Å².